The van der Waals surface area contributed by atoms with Crippen LogP contribution in [0.15, 0.2) is 6.07 Å². The summed E-state index contributed by atoms with van der Waals surface area (Å²) in [6, 6.07) is 1.92. The molecule has 2 N–H and O–H groups in total. The molecule has 68 valence electrons. The monoisotopic (exact) mass is 175 g/mol. The van der Waals surface area contributed by atoms with Gasteiger partial charge < -0.3 is 5.73 Å². The van der Waals surface area contributed by atoms with Crippen LogP contribution < -0.4 is 5.73 Å². The van der Waals surface area contributed by atoms with E-state index in [2.05, 4.69) is 0 Å². The molecule has 2 rings (SSSR count). The summed E-state index contributed by atoms with van der Waals surface area (Å²) in [6.45, 7) is 3.95. The Hall–Kier alpha value is -1.31. The number of nitrogen functional groups attached to an aromatic ring is 1. The van der Waals surface area contributed by atoms with Gasteiger partial charge in [-0.1, -0.05) is 0 Å². The second-order valence-electron chi connectivity index (χ2n) is 3.68. The summed E-state index contributed by atoms with van der Waals surface area (Å²) < 4.78 is 0. The van der Waals surface area contributed by atoms with Gasteiger partial charge >= 0.3 is 0 Å². The molecule has 2 heteroatoms. The van der Waals surface area contributed by atoms with E-state index in [4.69, 9.17) is 5.73 Å². The van der Waals surface area contributed by atoms with Crippen LogP contribution in [-0.2, 0) is 6.42 Å². The van der Waals surface area contributed by atoms with Gasteiger partial charge in [-0.15, -0.1) is 0 Å². The molecule has 0 amide bonds. The fourth-order valence-corrected chi connectivity index (χ4v) is 1.99. The molecule has 2 nitrogen and oxygen atoms in total. The third-order valence-corrected chi connectivity index (χ3v) is 2.87. The number of ketones is 1. The summed E-state index contributed by atoms with van der Waals surface area (Å²) in [5.41, 5.74) is 10.9. The Morgan fingerprint density at radius 1 is 1.31 bits per heavy atom. The van der Waals surface area contributed by atoms with Gasteiger partial charge in [0, 0.05) is 17.7 Å². The third kappa shape index (κ3) is 1.05. The zero-order valence-corrected chi connectivity index (χ0v) is 7.98. The van der Waals surface area contributed by atoms with Crippen LogP contribution in [0.4, 0.5) is 5.69 Å². The Balaban J connectivity index is 2.74. The molecular formula is C11H13NO. The van der Waals surface area contributed by atoms with Crippen LogP contribution in [0.1, 0.15) is 33.5 Å². The summed E-state index contributed by atoms with van der Waals surface area (Å²) in [4.78, 5) is 11.4. The molecule has 0 radical (unpaired) electrons. The molecule has 0 saturated carbocycles. The number of aryl methyl sites for hydroxylation is 1. The average Bonchev–Trinajstić information content (AvgIpc) is 2.45. The standard InChI is InChI=1S/C11H13NO/c1-6-5-9-8(3-4-10(9)13)7(2)11(6)12/h5H,3-4,12H2,1-2H3. The number of hydrogen-bond acceptors (Lipinski definition) is 2. The van der Waals surface area contributed by atoms with Gasteiger partial charge in [-0.3, -0.25) is 4.79 Å². The van der Waals surface area contributed by atoms with Crippen molar-refractivity contribution in [3.63, 3.8) is 0 Å². The van der Waals surface area contributed by atoms with Crippen molar-refractivity contribution in [1.82, 2.24) is 0 Å². The Bertz CT molecular complexity index is 394. The summed E-state index contributed by atoms with van der Waals surface area (Å²) in [6.07, 6.45) is 1.52. The molecule has 0 aromatic heterocycles. The minimum atomic E-state index is 0.265. The van der Waals surface area contributed by atoms with Crippen LogP contribution in [0.3, 0.4) is 0 Å². The van der Waals surface area contributed by atoms with Crippen molar-refractivity contribution in [1.29, 1.82) is 0 Å². The summed E-state index contributed by atoms with van der Waals surface area (Å²) >= 11 is 0. The molecule has 0 aliphatic heterocycles. The van der Waals surface area contributed by atoms with E-state index in [-0.39, 0.29) is 5.78 Å². The normalized spacial score (nSPS) is 14.8. The number of rotatable bonds is 0. The van der Waals surface area contributed by atoms with E-state index in [1.165, 1.54) is 0 Å². The molecule has 0 atom stereocenters. The lowest BCUT2D eigenvalue weighted by molar-refractivity contribution is 0.0994. The minimum Gasteiger partial charge on any atom is -0.398 e. The highest BCUT2D eigenvalue weighted by Crippen LogP contribution is 2.30. The highest BCUT2D eigenvalue weighted by atomic mass is 16.1. The van der Waals surface area contributed by atoms with Gasteiger partial charge in [0.1, 0.15) is 0 Å². The molecule has 1 aliphatic carbocycles. The lowest BCUT2D eigenvalue weighted by Gasteiger charge is -2.09. The Morgan fingerprint density at radius 2 is 2.00 bits per heavy atom. The molecule has 0 heterocycles. The van der Waals surface area contributed by atoms with E-state index >= 15 is 0 Å². The number of carbonyl (C=O) groups is 1. The van der Waals surface area contributed by atoms with Gasteiger partial charge in [-0.05, 0) is 43.0 Å². The Morgan fingerprint density at radius 3 is 2.69 bits per heavy atom. The molecule has 1 aromatic rings. The fraction of sp³-hybridized carbons (Fsp3) is 0.364. The molecule has 1 aliphatic rings. The van der Waals surface area contributed by atoms with Crippen molar-refractivity contribution in [3.8, 4) is 0 Å². The summed E-state index contributed by atoms with van der Waals surface area (Å²) in [5.74, 6) is 0.265. The van der Waals surface area contributed by atoms with Gasteiger partial charge in [0.15, 0.2) is 5.78 Å². The first-order chi connectivity index (χ1) is 6.11. The topological polar surface area (TPSA) is 43.1 Å². The second kappa shape index (κ2) is 2.59. The van der Waals surface area contributed by atoms with Crippen molar-refractivity contribution >= 4 is 11.5 Å². The molecular weight excluding hydrogens is 162 g/mol. The molecule has 0 bridgehead atoms. The number of benzene rings is 1. The van der Waals surface area contributed by atoms with E-state index in [1.807, 2.05) is 19.9 Å². The quantitative estimate of drug-likeness (QED) is 0.613. The zero-order valence-electron chi connectivity index (χ0n) is 7.98. The molecule has 0 unspecified atom stereocenters. The van der Waals surface area contributed by atoms with Crippen LogP contribution >= 0.6 is 0 Å². The maximum Gasteiger partial charge on any atom is 0.163 e. The smallest absolute Gasteiger partial charge is 0.163 e. The number of nitrogens with two attached hydrogens (primary N) is 1. The van der Waals surface area contributed by atoms with E-state index < -0.39 is 0 Å². The van der Waals surface area contributed by atoms with Crippen LogP contribution in [0, 0.1) is 13.8 Å². The molecule has 13 heavy (non-hydrogen) atoms. The molecule has 1 aromatic carbocycles. The maximum atomic E-state index is 11.4. The van der Waals surface area contributed by atoms with Crippen molar-refractivity contribution in [2.24, 2.45) is 0 Å². The van der Waals surface area contributed by atoms with E-state index in [1.54, 1.807) is 0 Å². The number of Topliss-reactive ketones (excluding diaryl/α,β-unsaturated/α-hetero) is 1. The minimum absolute atomic E-state index is 0.265. The maximum absolute atomic E-state index is 11.4. The number of hydrogen-bond donors (Lipinski definition) is 1. The highest BCUT2D eigenvalue weighted by Gasteiger charge is 2.22. The summed E-state index contributed by atoms with van der Waals surface area (Å²) in [7, 11) is 0. The molecule has 0 fully saturated rings. The third-order valence-electron chi connectivity index (χ3n) is 2.87. The first-order valence-corrected chi connectivity index (χ1v) is 4.53. The Labute approximate surface area is 77.8 Å². The fourth-order valence-electron chi connectivity index (χ4n) is 1.99. The van der Waals surface area contributed by atoms with Crippen molar-refractivity contribution in [2.45, 2.75) is 26.7 Å². The van der Waals surface area contributed by atoms with Gasteiger partial charge in [-0.2, -0.15) is 0 Å². The average molecular weight is 175 g/mol. The predicted octanol–water partition coefficient (Wildman–Crippen LogP) is 2.01. The highest BCUT2D eigenvalue weighted by molar-refractivity contribution is 6.01. The van der Waals surface area contributed by atoms with Crippen LogP contribution in [-0.4, -0.2) is 5.78 Å². The van der Waals surface area contributed by atoms with Crippen molar-refractivity contribution in [2.75, 3.05) is 5.73 Å². The van der Waals surface area contributed by atoms with Crippen molar-refractivity contribution in [3.05, 3.63) is 28.3 Å². The van der Waals surface area contributed by atoms with E-state index in [9.17, 15) is 4.79 Å². The molecule has 0 spiro atoms. The van der Waals surface area contributed by atoms with Gasteiger partial charge in [0.25, 0.3) is 0 Å². The van der Waals surface area contributed by atoms with Crippen LogP contribution in [0.2, 0.25) is 0 Å². The summed E-state index contributed by atoms with van der Waals surface area (Å²) in [5, 5.41) is 0. The van der Waals surface area contributed by atoms with Crippen LogP contribution in [0.25, 0.3) is 0 Å². The van der Waals surface area contributed by atoms with E-state index in [0.29, 0.717) is 6.42 Å². The number of carbonyl (C=O) groups excluding carboxylic acids is 1. The first-order valence-electron chi connectivity index (χ1n) is 4.53. The number of anilines is 1. The predicted molar refractivity (Wildman–Crippen MR) is 53.0 cm³/mol. The zero-order chi connectivity index (χ0) is 9.59. The molecule has 0 saturated heterocycles. The van der Waals surface area contributed by atoms with Gasteiger partial charge in [-0.25, -0.2) is 0 Å². The van der Waals surface area contributed by atoms with E-state index in [0.717, 1.165) is 34.4 Å². The van der Waals surface area contributed by atoms with Crippen molar-refractivity contribution < 1.29 is 4.79 Å². The second-order valence-corrected chi connectivity index (χ2v) is 3.68. The Kier molecular flexibility index (Phi) is 1.65. The van der Waals surface area contributed by atoms with Gasteiger partial charge in [0.2, 0.25) is 0 Å². The van der Waals surface area contributed by atoms with Crippen LogP contribution in [0.5, 0.6) is 0 Å². The largest absolute Gasteiger partial charge is 0.398 e. The van der Waals surface area contributed by atoms with Gasteiger partial charge in [0.05, 0.1) is 0 Å². The lowest BCUT2D eigenvalue weighted by atomic mass is 9.99. The number of fused-ring (bicyclic) bond motifs is 1. The first kappa shape index (κ1) is 8.30. The lowest BCUT2D eigenvalue weighted by Crippen LogP contribution is -2.00. The SMILES string of the molecule is Cc1cc2c(c(C)c1N)CCC2=O.